The van der Waals surface area contributed by atoms with E-state index >= 15 is 0 Å². The van der Waals surface area contributed by atoms with E-state index in [4.69, 9.17) is 10.5 Å². The molecule has 0 radical (unpaired) electrons. The van der Waals surface area contributed by atoms with Crippen molar-refractivity contribution in [1.82, 2.24) is 15.3 Å². The second-order valence-corrected chi connectivity index (χ2v) is 7.70. The molecule has 5 N–H and O–H groups in total. The Morgan fingerprint density at radius 3 is 3.00 bits per heavy atom. The fourth-order valence-corrected chi connectivity index (χ4v) is 3.78. The minimum absolute atomic E-state index is 0.0683. The molecule has 2 aromatic heterocycles. The van der Waals surface area contributed by atoms with Crippen molar-refractivity contribution in [2.75, 3.05) is 30.0 Å². The van der Waals surface area contributed by atoms with Gasteiger partial charge in [-0.3, -0.25) is 19.4 Å². The number of aromatic amines is 1. The van der Waals surface area contributed by atoms with Gasteiger partial charge in [0.05, 0.1) is 16.7 Å². The highest BCUT2D eigenvalue weighted by atomic mass is 32.2. The Bertz CT molecular complexity index is 862. The van der Waals surface area contributed by atoms with Gasteiger partial charge in [0.15, 0.2) is 16.7 Å². The predicted molar refractivity (Wildman–Crippen MR) is 104 cm³/mol. The van der Waals surface area contributed by atoms with E-state index in [-0.39, 0.29) is 34.4 Å². The van der Waals surface area contributed by atoms with Crippen LogP contribution in [0.5, 0.6) is 0 Å². The molecular formula is C16H19N5O4S2. The standard InChI is InChI=1S/C16H19N5O4S2/c17-13-12(19-14(23)10-4-2-6-26-10)15(24)21-16(20-13)27-8-11(22)18-7-9-3-1-5-25-9/h2,4,6,9H,1,3,5,7-8H2,(H,18,22)(H,19,23)(H3,17,20,21,24)/t9-/m1/s1. The van der Waals surface area contributed by atoms with Gasteiger partial charge in [0.2, 0.25) is 5.91 Å². The Labute approximate surface area is 163 Å². The van der Waals surface area contributed by atoms with Crippen LogP contribution in [0.3, 0.4) is 0 Å². The number of carbonyl (C=O) groups is 2. The molecule has 0 aliphatic carbocycles. The number of carbonyl (C=O) groups excluding carboxylic acids is 2. The molecule has 0 unspecified atom stereocenters. The first kappa shape index (κ1) is 19.4. The molecule has 3 heterocycles. The Morgan fingerprint density at radius 1 is 1.48 bits per heavy atom. The fourth-order valence-electron chi connectivity index (χ4n) is 2.46. The van der Waals surface area contributed by atoms with Crippen molar-refractivity contribution in [3.63, 3.8) is 0 Å². The van der Waals surface area contributed by atoms with Crippen LogP contribution in [0, 0.1) is 0 Å². The van der Waals surface area contributed by atoms with Gasteiger partial charge in [0.1, 0.15) is 0 Å². The highest BCUT2D eigenvalue weighted by Crippen LogP contribution is 2.18. The zero-order chi connectivity index (χ0) is 19.2. The number of thiophene rings is 1. The summed E-state index contributed by atoms with van der Waals surface area (Å²) in [5.74, 6) is -0.647. The monoisotopic (exact) mass is 409 g/mol. The highest BCUT2D eigenvalue weighted by molar-refractivity contribution is 7.99. The first-order chi connectivity index (χ1) is 13.0. The van der Waals surface area contributed by atoms with Crippen molar-refractivity contribution >= 4 is 46.4 Å². The fraction of sp³-hybridized carbons (Fsp3) is 0.375. The third-order valence-corrected chi connectivity index (χ3v) is 5.54. The largest absolute Gasteiger partial charge is 0.382 e. The molecule has 0 aromatic carbocycles. The SMILES string of the molecule is Nc1nc(SCC(=O)NC[C@H]2CCCO2)[nH]c(=O)c1NC(=O)c1cccs1. The summed E-state index contributed by atoms with van der Waals surface area (Å²) in [4.78, 5) is 43.2. The molecule has 2 aromatic rings. The van der Waals surface area contributed by atoms with Crippen LogP contribution in [0.2, 0.25) is 0 Å². The Morgan fingerprint density at radius 2 is 2.33 bits per heavy atom. The van der Waals surface area contributed by atoms with E-state index in [0.717, 1.165) is 31.2 Å². The lowest BCUT2D eigenvalue weighted by atomic mass is 10.2. The van der Waals surface area contributed by atoms with E-state index in [2.05, 4.69) is 20.6 Å². The molecule has 27 heavy (non-hydrogen) atoms. The molecule has 3 rings (SSSR count). The summed E-state index contributed by atoms with van der Waals surface area (Å²) in [6.07, 6.45) is 2.02. The van der Waals surface area contributed by atoms with Gasteiger partial charge < -0.3 is 21.1 Å². The zero-order valence-corrected chi connectivity index (χ0v) is 16.0. The molecule has 0 spiro atoms. The van der Waals surface area contributed by atoms with Crippen LogP contribution >= 0.6 is 23.1 Å². The third-order valence-electron chi connectivity index (χ3n) is 3.80. The van der Waals surface area contributed by atoms with E-state index in [0.29, 0.717) is 11.4 Å². The number of ether oxygens (including phenoxy) is 1. The molecule has 2 amide bonds. The zero-order valence-electron chi connectivity index (χ0n) is 14.3. The van der Waals surface area contributed by atoms with E-state index in [1.54, 1.807) is 17.5 Å². The van der Waals surface area contributed by atoms with Gasteiger partial charge in [-0.2, -0.15) is 0 Å². The van der Waals surface area contributed by atoms with Crippen LogP contribution in [0.1, 0.15) is 22.5 Å². The number of nitrogens with zero attached hydrogens (tertiary/aromatic N) is 1. The van der Waals surface area contributed by atoms with Crippen molar-refractivity contribution in [2.45, 2.75) is 24.1 Å². The number of H-pyrrole nitrogens is 1. The van der Waals surface area contributed by atoms with Crippen molar-refractivity contribution in [1.29, 1.82) is 0 Å². The summed E-state index contributed by atoms with van der Waals surface area (Å²) < 4.78 is 5.44. The van der Waals surface area contributed by atoms with Crippen LogP contribution in [0.4, 0.5) is 11.5 Å². The average Bonchev–Trinajstić information content (AvgIpc) is 3.34. The van der Waals surface area contributed by atoms with Gasteiger partial charge in [0.25, 0.3) is 11.5 Å². The summed E-state index contributed by atoms with van der Waals surface area (Å²) in [5, 5.41) is 7.21. The molecule has 144 valence electrons. The molecular weight excluding hydrogens is 390 g/mol. The molecule has 1 atom stereocenters. The molecule has 9 nitrogen and oxygen atoms in total. The molecule has 1 aliphatic rings. The summed E-state index contributed by atoms with van der Waals surface area (Å²) in [6, 6.07) is 3.37. The minimum atomic E-state index is -0.574. The third kappa shape index (κ3) is 5.31. The smallest absolute Gasteiger partial charge is 0.277 e. The Kier molecular flexibility index (Phi) is 6.48. The number of anilines is 2. The van der Waals surface area contributed by atoms with Gasteiger partial charge in [0, 0.05) is 13.2 Å². The number of aromatic nitrogens is 2. The molecule has 0 bridgehead atoms. The van der Waals surface area contributed by atoms with E-state index in [1.165, 1.54) is 11.3 Å². The normalized spacial score (nSPS) is 16.2. The second-order valence-electron chi connectivity index (χ2n) is 5.79. The van der Waals surface area contributed by atoms with Crippen molar-refractivity contribution in [3.8, 4) is 0 Å². The molecule has 0 saturated carbocycles. The maximum Gasteiger partial charge on any atom is 0.277 e. The van der Waals surface area contributed by atoms with Crippen molar-refractivity contribution in [2.24, 2.45) is 0 Å². The van der Waals surface area contributed by atoms with Crippen molar-refractivity contribution in [3.05, 3.63) is 32.7 Å². The number of hydrogen-bond donors (Lipinski definition) is 4. The van der Waals surface area contributed by atoms with E-state index in [9.17, 15) is 14.4 Å². The predicted octanol–water partition coefficient (Wildman–Crippen LogP) is 1.05. The van der Waals surface area contributed by atoms with Gasteiger partial charge >= 0.3 is 0 Å². The summed E-state index contributed by atoms with van der Waals surface area (Å²) in [5.41, 5.74) is 5.11. The van der Waals surface area contributed by atoms with Crippen LogP contribution in [-0.4, -0.2) is 46.8 Å². The van der Waals surface area contributed by atoms with Gasteiger partial charge in [-0.25, -0.2) is 4.98 Å². The summed E-state index contributed by atoms with van der Waals surface area (Å²) in [6.45, 7) is 1.20. The van der Waals surface area contributed by atoms with Crippen LogP contribution < -0.4 is 21.9 Å². The Balaban J connectivity index is 1.55. The number of nitrogens with one attached hydrogen (secondary N) is 3. The van der Waals surface area contributed by atoms with Gasteiger partial charge in [-0.05, 0) is 24.3 Å². The van der Waals surface area contributed by atoms with Gasteiger partial charge in [-0.15, -0.1) is 11.3 Å². The quantitative estimate of drug-likeness (QED) is 0.396. The Hall–Kier alpha value is -2.37. The highest BCUT2D eigenvalue weighted by Gasteiger charge is 2.17. The first-order valence-electron chi connectivity index (χ1n) is 8.28. The number of nitrogens with two attached hydrogens (primary N) is 1. The molecule has 1 aliphatic heterocycles. The number of thioether (sulfide) groups is 1. The topological polar surface area (TPSA) is 139 Å². The van der Waals surface area contributed by atoms with Crippen LogP contribution in [0.25, 0.3) is 0 Å². The lowest BCUT2D eigenvalue weighted by molar-refractivity contribution is -0.119. The summed E-state index contributed by atoms with van der Waals surface area (Å²) >= 11 is 2.30. The second kappa shape index (κ2) is 9.02. The first-order valence-corrected chi connectivity index (χ1v) is 10.1. The molecule has 11 heteroatoms. The number of nitrogen functional groups attached to an aromatic ring is 1. The number of hydrogen-bond acceptors (Lipinski definition) is 8. The van der Waals surface area contributed by atoms with Crippen LogP contribution in [-0.2, 0) is 9.53 Å². The molecule has 1 saturated heterocycles. The van der Waals surface area contributed by atoms with E-state index in [1.807, 2.05) is 0 Å². The summed E-state index contributed by atoms with van der Waals surface area (Å²) in [7, 11) is 0. The van der Waals surface area contributed by atoms with E-state index < -0.39 is 11.5 Å². The minimum Gasteiger partial charge on any atom is -0.382 e. The maximum atomic E-state index is 12.2. The van der Waals surface area contributed by atoms with Crippen LogP contribution in [0.15, 0.2) is 27.5 Å². The average molecular weight is 409 g/mol. The number of rotatable bonds is 7. The maximum absolute atomic E-state index is 12.2. The lowest BCUT2D eigenvalue weighted by Gasteiger charge is -2.11. The number of amides is 2. The lowest BCUT2D eigenvalue weighted by Crippen LogP contribution is -2.33. The van der Waals surface area contributed by atoms with Crippen molar-refractivity contribution < 1.29 is 14.3 Å². The van der Waals surface area contributed by atoms with Gasteiger partial charge in [-0.1, -0.05) is 17.8 Å². The molecule has 1 fully saturated rings.